The number of fused-ring (bicyclic) bond motifs is 1. The van der Waals surface area contributed by atoms with E-state index < -0.39 is 0 Å². The number of carbonyl (C=O) groups is 1. The van der Waals surface area contributed by atoms with Crippen LogP contribution in [0.1, 0.15) is 30.3 Å². The van der Waals surface area contributed by atoms with E-state index in [1.807, 2.05) is 36.1 Å². The smallest absolute Gasteiger partial charge is 0.244 e. The molecular formula is C18H21N5O2. The number of amides is 1. The first kappa shape index (κ1) is 15.7. The Morgan fingerprint density at radius 1 is 1.40 bits per heavy atom. The summed E-state index contributed by atoms with van der Waals surface area (Å²) in [5.74, 6) is 1.38. The fourth-order valence-corrected chi connectivity index (χ4v) is 3.39. The Hall–Kier alpha value is -2.83. The van der Waals surface area contributed by atoms with Gasteiger partial charge in [-0.05, 0) is 31.9 Å². The van der Waals surface area contributed by atoms with Crippen LogP contribution < -0.4 is 5.73 Å². The highest BCUT2D eigenvalue weighted by Gasteiger charge is 2.28. The molecule has 1 atom stereocenters. The molecule has 2 N–H and O–H groups in total. The first-order chi connectivity index (χ1) is 12.1. The van der Waals surface area contributed by atoms with Gasteiger partial charge in [0, 0.05) is 19.2 Å². The van der Waals surface area contributed by atoms with Gasteiger partial charge in [-0.15, -0.1) is 0 Å². The van der Waals surface area contributed by atoms with Crippen LogP contribution in [0.25, 0.3) is 11.1 Å². The van der Waals surface area contributed by atoms with Crippen LogP contribution in [-0.4, -0.2) is 38.7 Å². The highest BCUT2D eigenvalue weighted by atomic mass is 16.3. The van der Waals surface area contributed by atoms with Crippen LogP contribution in [0.5, 0.6) is 0 Å². The van der Waals surface area contributed by atoms with E-state index in [9.17, 15) is 4.79 Å². The molecule has 1 amide bonds. The molecule has 7 nitrogen and oxygen atoms in total. The SMILES string of the molecule is Cc1cc(N)n(CC(=O)N2CCCC(c3nc4ccccc4o3)C2)n1. The molecule has 1 aliphatic heterocycles. The van der Waals surface area contributed by atoms with Gasteiger partial charge < -0.3 is 15.1 Å². The summed E-state index contributed by atoms with van der Waals surface area (Å²) in [5, 5.41) is 4.26. The number of aromatic nitrogens is 3. The van der Waals surface area contributed by atoms with Crippen LogP contribution in [0.15, 0.2) is 34.7 Å². The maximum atomic E-state index is 12.6. The van der Waals surface area contributed by atoms with E-state index in [-0.39, 0.29) is 18.4 Å². The van der Waals surface area contributed by atoms with E-state index in [0.29, 0.717) is 18.3 Å². The molecule has 3 aromatic rings. The minimum Gasteiger partial charge on any atom is -0.440 e. The van der Waals surface area contributed by atoms with Crippen LogP contribution in [0.3, 0.4) is 0 Å². The zero-order valence-corrected chi connectivity index (χ0v) is 14.2. The van der Waals surface area contributed by atoms with Crippen molar-refractivity contribution < 1.29 is 9.21 Å². The molecule has 0 radical (unpaired) electrons. The molecule has 1 saturated heterocycles. The maximum absolute atomic E-state index is 12.6. The first-order valence-electron chi connectivity index (χ1n) is 8.53. The second-order valence-corrected chi connectivity index (χ2v) is 6.57. The third kappa shape index (κ3) is 3.09. The molecule has 0 bridgehead atoms. The van der Waals surface area contributed by atoms with Gasteiger partial charge in [0.25, 0.3) is 0 Å². The van der Waals surface area contributed by atoms with E-state index in [0.717, 1.165) is 36.2 Å². The summed E-state index contributed by atoms with van der Waals surface area (Å²) in [4.78, 5) is 19.1. The van der Waals surface area contributed by atoms with Crippen molar-refractivity contribution in [1.82, 2.24) is 19.7 Å². The summed E-state index contributed by atoms with van der Waals surface area (Å²) in [6.45, 7) is 3.39. The fraction of sp³-hybridized carbons (Fsp3) is 0.389. The topological polar surface area (TPSA) is 90.2 Å². The minimum absolute atomic E-state index is 0.0237. The van der Waals surface area contributed by atoms with Crippen molar-refractivity contribution in [3.05, 3.63) is 41.9 Å². The standard InChI is InChI=1S/C18H21N5O2/c1-12-9-16(19)23(21-12)11-17(24)22-8-4-5-13(10-22)18-20-14-6-2-3-7-15(14)25-18/h2-3,6-7,9,13H,4-5,8,10-11,19H2,1H3. The number of piperidine rings is 1. The molecule has 4 rings (SSSR count). The number of nitrogens with zero attached hydrogens (tertiary/aromatic N) is 4. The molecule has 1 fully saturated rings. The number of hydrogen-bond donors (Lipinski definition) is 1. The van der Waals surface area contributed by atoms with Gasteiger partial charge in [0.15, 0.2) is 11.5 Å². The summed E-state index contributed by atoms with van der Waals surface area (Å²) >= 11 is 0. The van der Waals surface area contributed by atoms with Crippen LogP contribution >= 0.6 is 0 Å². The summed E-state index contributed by atoms with van der Waals surface area (Å²) in [7, 11) is 0. The van der Waals surface area contributed by atoms with Crippen LogP contribution in [0, 0.1) is 6.92 Å². The van der Waals surface area contributed by atoms with Crippen LogP contribution in [0.2, 0.25) is 0 Å². The summed E-state index contributed by atoms with van der Waals surface area (Å²) in [6, 6.07) is 9.51. The van der Waals surface area contributed by atoms with Gasteiger partial charge in [-0.25, -0.2) is 9.67 Å². The van der Waals surface area contributed by atoms with Crippen molar-refractivity contribution in [2.24, 2.45) is 0 Å². The average Bonchev–Trinajstić information content (AvgIpc) is 3.18. The molecule has 1 unspecified atom stereocenters. The Labute approximate surface area is 145 Å². The second-order valence-electron chi connectivity index (χ2n) is 6.57. The Kier molecular flexibility index (Phi) is 3.91. The molecule has 3 heterocycles. The largest absolute Gasteiger partial charge is 0.440 e. The summed E-state index contributed by atoms with van der Waals surface area (Å²) < 4.78 is 7.45. The lowest BCUT2D eigenvalue weighted by atomic mass is 9.98. The Balaban J connectivity index is 1.48. The van der Waals surface area contributed by atoms with Crippen LogP contribution in [-0.2, 0) is 11.3 Å². The number of aryl methyl sites for hydroxylation is 1. The lowest BCUT2D eigenvalue weighted by Crippen LogP contribution is -2.41. The van der Waals surface area contributed by atoms with Crippen molar-refractivity contribution >= 4 is 22.8 Å². The Morgan fingerprint density at radius 2 is 2.24 bits per heavy atom. The third-order valence-electron chi connectivity index (χ3n) is 4.65. The maximum Gasteiger partial charge on any atom is 0.244 e. The number of nitrogen functional groups attached to an aromatic ring is 1. The van der Waals surface area contributed by atoms with Crippen molar-refractivity contribution in [3.8, 4) is 0 Å². The van der Waals surface area contributed by atoms with Gasteiger partial charge in [-0.1, -0.05) is 12.1 Å². The molecular weight excluding hydrogens is 318 g/mol. The minimum atomic E-state index is 0.0237. The molecule has 130 valence electrons. The summed E-state index contributed by atoms with van der Waals surface area (Å²) in [6.07, 6.45) is 1.91. The van der Waals surface area contributed by atoms with Crippen molar-refractivity contribution in [2.75, 3.05) is 18.8 Å². The quantitative estimate of drug-likeness (QED) is 0.791. The zero-order valence-electron chi connectivity index (χ0n) is 14.2. The van der Waals surface area contributed by atoms with E-state index in [1.54, 1.807) is 10.7 Å². The molecule has 0 aliphatic carbocycles. The number of carbonyl (C=O) groups excluding carboxylic acids is 1. The molecule has 7 heteroatoms. The number of anilines is 1. The molecule has 25 heavy (non-hydrogen) atoms. The number of likely N-dealkylation sites (tertiary alicyclic amines) is 1. The molecule has 0 saturated carbocycles. The normalized spacial score (nSPS) is 18.0. The number of nitrogens with two attached hydrogens (primary N) is 1. The third-order valence-corrected chi connectivity index (χ3v) is 4.65. The Bertz CT molecular complexity index is 880. The number of benzene rings is 1. The van der Waals surface area contributed by atoms with Gasteiger partial charge in [0.1, 0.15) is 17.9 Å². The fourth-order valence-electron chi connectivity index (χ4n) is 3.39. The highest BCUT2D eigenvalue weighted by Crippen LogP contribution is 2.29. The number of oxazole rings is 1. The summed E-state index contributed by atoms with van der Waals surface area (Å²) in [5.41, 5.74) is 8.35. The molecule has 2 aromatic heterocycles. The molecule has 1 aliphatic rings. The van der Waals surface area contributed by atoms with Gasteiger partial charge in [-0.3, -0.25) is 4.79 Å². The Morgan fingerprint density at radius 3 is 3.00 bits per heavy atom. The highest BCUT2D eigenvalue weighted by molar-refractivity contribution is 5.76. The van der Waals surface area contributed by atoms with Crippen LogP contribution in [0.4, 0.5) is 5.82 Å². The predicted molar refractivity (Wildman–Crippen MR) is 93.9 cm³/mol. The van der Waals surface area contributed by atoms with E-state index in [1.165, 1.54) is 0 Å². The molecule has 1 aromatic carbocycles. The monoisotopic (exact) mass is 339 g/mol. The van der Waals surface area contributed by atoms with E-state index >= 15 is 0 Å². The number of para-hydroxylation sites is 2. The average molecular weight is 339 g/mol. The number of hydrogen-bond acceptors (Lipinski definition) is 5. The van der Waals surface area contributed by atoms with Gasteiger partial charge in [0.2, 0.25) is 5.91 Å². The first-order valence-corrected chi connectivity index (χ1v) is 8.53. The van der Waals surface area contributed by atoms with Gasteiger partial charge in [-0.2, -0.15) is 5.10 Å². The van der Waals surface area contributed by atoms with Gasteiger partial charge in [0.05, 0.1) is 11.6 Å². The van der Waals surface area contributed by atoms with Crippen molar-refractivity contribution in [2.45, 2.75) is 32.2 Å². The predicted octanol–water partition coefficient (Wildman–Crippen LogP) is 2.32. The van der Waals surface area contributed by atoms with Crippen molar-refractivity contribution in [3.63, 3.8) is 0 Å². The van der Waals surface area contributed by atoms with E-state index in [4.69, 9.17) is 10.2 Å². The second kappa shape index (κ2) is 6.23. The van der Waals surface area contributed by atoms with E-state index in [2.05, 4.69) is 10.1 Å². The molecule has 0 spiro atoms. The lowest BCUT2D eigenvalue weighted by molar-refractivity contribution is -0.133. The van der Waals surface area contributed by atoms with Crippen molar-refractivity contribution in [1.29, 1.82) is 0 Å². The number of rotatable bonds is 3. The lowest BCUT2D eigenvalue weighted by Gasteiger charge is -2.31. The zero-order chi connectivity index (χ0) is 17.4. The van der Waals surface area contributed by atoms with Gasteiger partial charge >= 0.3 is 0 Å².